The Morgan fingerprint density at radius 2 is 1.59 bits per heavy atom. The van der Waals surface area contributed by atoms with Gasteiger partial charge in [-0.25, -0.2) is 0 Å². The van der Waals surface area contributed by atoms with Crippen LogP contribution >= 0.6 is 0 Å². The number of nitrogens with zero attached hydrogens (tertiary/aromatic N) is 3. The fourth-order valence-corrected chi connectivity index (χ4v) is 4.47. The molecule has 3 heteroatoms. The van der Waals surface area contributed by atoms with Crippen molar-refractivity contribution in [1.82, 2.24) is 9.80 Å². The number of hydrogen-bond acceptors (Lipinski definition) is 3. The zero-order chi connectivity index (χ0) is 14.8. The first-order valence-corrected chi connectivity index (χ1v) is 9.19. The van der Waals surface area contributed by atoms with E-state index < -0.39 is 0 Å². The smallest absolute Gasteiger partial charge is 0.0458 e. The normalized spacial score (nSPS) is 26.5. The molecule has 3 aliphatic rings. The topological polar surface area (TPSA) is 9.72 Å². The molecule has 2 saturated heterocycles. The summed E-state index contributed by atoms with van der Waals surface area (Å²) in [4.78, 5) is 8.05. The van der Waals surface area contributed by atoms with Crippen LogP contribution in [0.2, 0.25) is 0 Å². The minimum atomic E-state index is 0.718. The highest BCUT2D eigenvalue weighted by molar-refractivity contribution is 5.59. The molecule has 0 aromatic heterocycles. The average Bonchev–Trinajstić information content (AvgIpc) is 2.72. The molecule has 4 rings (SSSR count). The van der Waals surface area contributed by atoms with Gasteiger partial charge in [-0.2, -0.15) is 0 Å². The fourth-order valence-electron chi connectivity index (χ4n) is 4.47. The lowest BCUT2D eigenvalue weighted by molar-refractivity contribution is 0.184. The van der Waals surface area contributed by atoms with Gasteiger partial charge in [0, 0.05) is 44.5 Å². The van der Waals surface area contributed by atoms with Gasteiger partial charge in [0.1, 0.15) is 0 Å². The van der Waals surface area contributed by atoms with Crippen LogP contribution in [-0.4, -0.2) is 61.7 Å². The second-order valence-electron chi connectivity index (χ2n) is 7.24. The molecule has 3 nitrogen and oxygen atoms in total. The summed E-state index contributed by atoms with van der Waals surface area (Å²) in [6, 6.07) is 9.72. The molecule has 1 unspecified atom stereocenters. The van der Waals surface area contributed by atoms with E-state index in [0.29, 0.717) is 0 Å². The van der Waals surface area contributed by atoms with Gasteiger partial charge in [0.15, 0.2) is 0 Å². The molecule has 0 N–H and O–H groups in total. The molecule has 120 valence electrons. The molecule has 3 heterocycles. The number of piperazine rings is 1. The largest absolute Gasteiger partial charge is 0.365 e. The van der Waals surface area contributed by atoms with Crippen LogP contribution in [0.1, 0.15) is 31.2 Å². The Kier molecular flexibility index (Phi) is 4.35. The van der Waals surface area contributed by atoms with Crippen LogP contribution in [0.3, 0.4) is 0 Å². The van der Waals surface area contributed by atoms with Crippen LogP contribution in [0.15, 0.2) is 24.3 Å². The summed E-state index contributed by atoms with van der Waals surface area (Å²) in [6.45, 7) is 8.90. The average molecular weight is 299 g/mol. The molecule has 3 aliphatic heterocycles. The molecule has 1 aromatic rings. The third-order valence-electron chi connectivity index (χ3n) is 5.75. The molecular weight excluding hydrogens is 270 g/mol. The molecule has 22 heavy (non-hydrogen) atoms. The summed E-state index contributed by atoms with van der Waals surface area (Å²) in [5.41, 5.74) is 3.06. The molecule has 0 amide bonds. The van der Waals surface area contributed by atoms with Gasteiger partial charge >= 0.3 is 0 Å². The van der Waals surface area contributed by atoms with Gasteiger partial charge in [-0.15, -0.1) is 0 Å². The number of likely N-dealkylation sites (tertiary alicyclic amines) is 1. The molecule has 0 radical (unpaired) electrons. The summed E-state index contributed by atoms with van der Waals surface area (Å²) in [6.07, 6.45) is 6.94. The standard InChI is InChI=1S/C19H29N3/c1-2-6-10-20(9-5-1)11-12-21-13-14-22-18(16-21)15-17-7-3-4-8-19(17)22/h3-4,7-8,18H,1-2,5-6,9-16H2. The van der Waals surface area contributed by atoms with Crippen molar-refractivity contribution < 1.29 is 0 Å². The minimum absolute atomic E-state index is 0.718. The van der Waals surface area contributed by atoms with Crippen LogP contribution in [0, 0.1) is 0 Å². The lowest BCUT2D eigenvalue weighted by Gasteiger charge is -2.39. The van der Waals surface area contributed by atoms with Crippen molar-refractivity contribution in [3.63, 3.8) is 0 Å². The van der Waals surface area contributed by atoms with Gasteiger partial charge in [-0.3, -0.25) is 4.90 Å². The van der Waals surface area contributed by atoms with E-state index in [4.69, 9.17) is 0 Å². The molecule has 0 spiro atoms. The van der Waals surface area contributed by atoms with Crippen molar-refractivity contribution in [2.45, 2.75) is 38.1 Å². The zero-order valence-electron chi connectivity index (χ0n) is 13.7. The number of hydrogen-bond donors (Lipinski definition) is 0. The monoisotopic (exact) mass is 299 g/mol. The third kappa shape index (κ3) is 3.02. The second kappa shape index (κ2) is 6.59. The summed E-state index contributed by atoms with van der Waals surface area (Å²) in [7, 11) is 0. The van der Waals surface area contributed by atoms with E-state index in [0.717, 1.165) is 6.04 Å². The molecule has 1 aromatic carbocycles. The Bertz CT molecular complexity index is 493. The summed E-state index contributed by atoms with van der Waals surface area (Å²) < 4.78 is 0. The number of benzene rings is 1. The maximum Gasteiger partial charge on any atom is 0.0458 e. The molecule has 2 fully saturated rings. The van der Waals surface area contributed by atoms with Gasteiger partial charge in [0.05, 0.1) is 0 Å². The predicted octanol–water partition coefficient (Wildman–Crippen LogP) is 2.61. The highest BCUT2D eigenvalue weighted by atomic mass is 15.3. The van der Waals surface area contributed by atoms with Crippen molar-refractivity contribution >= 4 is 5.69 Å². The number of para-hydroxylation sites is 1. The Morgan fingerprint density at radius 3 is 2.45 bits per heavy atom. The predicted molar refractivity (Wildman–Crippen MR) is 92.6 cm³/mol. The lowest BCUT2D eigenvalue weighted by atomic mass is 10.1. The molecule has 0 bridgehead atoms. The number of fused-ring (bicyclic) bond motifs is 3. The quantitative estimate of drug-likeness (QED) is 0.849. The van der Waals surface area contributed by atoms with Crippen molar-refractivity contribution in [2.75, 3.05) is 50.7 Å². The van der Waals surface area contributed by atoms with Gasteiger partial charge in [-0.1, -0.05) is 31.0 Å². The van der Waals surface area contributed by atoms with Crippen LogP contribution < -0.4 is 4.90 Å². The zero-order valence-corrected chi connectivity index (χ0v) is 13.7. The lowest BCUT2D eigenvalue weighted by Crippen LogP contribution is -2.53. The van der Waals surface area contributed by atoms with Crippen molar-refractivity contribution in [2.24, 2.45) is 0 Å². The van der Waals surface area contributed by atoms with E-state index in [9.17, 15) is 0 Å². The molecule has 1 atom stereocenters. The van der Waals surface area contributed by atoms with Gasteiger partial charge in [0.2, 0.25) is 0 Å². The Balaban J connectivity index is 1.30. The Hall–Kier alpha value is -1.06. The van der Waals surface area contributed by atoms with E-state index in [1.807, 2.05) is 0 Å². The number of rotatable bonds is 3. The van der Waals surface area contributed by atoms with Crippen LogP contribution in [0.25, 0.3) is 0 Å². The van der Waals surface area contributed by atoms with Crippen molar-refractivity contribution in [3.05, 3.63) is 29.8 Å². The first-order chi connectivity index (χ1) is 10.9. The highest BCUT2D eigenvalue weighted by Crippen LogP contribution is 2.33. The van der Waals surface area contributed by atoms with E-state index in [1.54, 1.807) is 5.56 Å². The first-order valence-electron chi connectivity index (χ1n) is 9.19. The fraction of sp³-hybridized carbons (Fsp3) is 0.684. The van der Waals surface area contributed by atoms with Crippen LogP contribution in [0.5, 0.6) is 0 Å². The van der Waals surface area contributed by atoms with Gasteiger partial charge < -0.3 is 9.80 Å². The minimum Gasteiger partial charge on any atom is -0.365 e. The van der Waals surface area contributed by atoms with Gasteiger partial charge in [-0.05, 0) is 44.0 Å². The molecule has 0 aliphatic carbocycles. The Morgan fingerprint density at radius 1 is 0.818 bits per heavy atom. The van der Waals surface area contributed by atoms with E-state index in [1.165, 1.54) is 83.6 Å². The maximum absolute atomic E-state index is 2.71. The molecular formula is C19H29N3. The number of anilines is 1. The van der Waals surface area contributed by atoms with Crippen molar-refractivity contribution in [3.8, 4) is 0 Å². The maximum atomic E-state index is 2.71. The summed E-state index contributed by atoms with van der Waals surface area (Å²) >= 11 is 0. The van der Waals surface area contributed by atoms with Crippen LogP contribution in [-0.2, 0) is 6.42 Å². The molecule has 0 saturated carbocycles. The van der Waals surface area contributed by atoms with Gasteiger partial charge in [0.25, 0.3) is 0 Å². The summed E-state index contributed by atoms with van der Waals surface area (Å²) in [5, 5.41) is 0. The van der Waals surface area contributed by atoms with Crippen molar-refractivity contribution in [1.29, 1.82) is 0 Å². The second-order valence-corrected chi connectivity index (χ2v) is 7.24. The van der Waals surface area contributed by atoms with E-state index in [-0.39, 0.29) is 0 Å². The van der Waals surface area contributed by atoms with E-state index >= 15 is 0 Å². The highest BCUT2D eigenvalue weighted by Gasteiger charge is 2.33. The SMILES string of the molecule is c1ccc2c(c1)CC1CN(CCN3CCCCCC3)CCN21. The first kappa shape index (κ1) is 14.5. The third-order valence-corrected chi connectivity index (χ3v) is 5.75. The van der Waals surface area contributed by atoms with E-state index in [2.05, 4.69) is 39.0 Å². The Labute approximate surface area is 134 Å². The van der Waals surface area contributed by atoms with Crippen LogP contribution in [0.4, 0.5) is 5.69 Å². The summed E-state index contributed by atoms with van der Waals surface area (Å²) in [5.74, 6) is 0.